The molecule has 2 unspecified atom stereocenters. The molecule has 1 spiro atoms. The monoisotopic (exact) mass is 542 g/mol. The van der Waals surface area contributed by atoms with E-state index in [9.17, 15) is 14.4 Å². The van der Waals surface area contributed by atoms with Gasteiger partial charge in [-0.15, -0.1) is 21.5 Å². The summed E-state index contributed by atoms with van der Waals surface area (Å²) in [5.74, 6) is -0.509. The van der Waals surface area contributed by atoms with E-state index in [1.165, 1.54) is 22.7 Å². The number of halogens is 1. The third-order valence-corrected chi connectivity index (χ3v) is 7.73. The Balaban J connectivity index is 1.33. The highest BCUT2D eigenvalue weighted by atomic mass is 79.9. The third-order valence-electron chi connectivity index (χ3n) is 5.43. The van der Waals surface area contributed by atoms with E-state index >= 15 is 0 Å². The molecule has 13 heteroatoms. The summed E-state index contributed by atoms with van der Waals surface area (Å²) >= 11 is 6.03. The highest BCUT2D eigenvalue weighted by molar-refractivity contribution is 9.11. The Kier molecular flexibility index (Phi) is 6.89. The lowest BCUT2D eigenvalue weighted by molar-refractivity contribution is -0.163. The summed E-state index contributed by atoms with van der Waals surface area (Å²) in [6.07, 6.45) is 0.650. The van der Waals surface area contributed by atoms with Crippen LogP contribution >= 0.6 is 38.6 Å². The van der Waals surface area contributed by atoms with Crippen LogP contribution in [0.1, 0.15) is 41.7 Å². The van der Waals surface area contributed by atoms with Gasteiger partial charge >= 0.3 is 0 Å². The average Bonchev–Trinajstić information content (AvgIpc) is 3.46. The van der Waals surface area contributed by atoms with Gasteiger partial charge in [-0.1, -0.05) is 11.3 Å². The summed E-state index contributed by atoms with van der Waals surface area (Å²) in [5.41, 5.74) is 1.43. The van der Waals surface area contributed by atoms with Gasteiger partial charge in [-0.2, -0.15) is 0 Å². The van der Waals surface area contributed by atoms with Gasteiger partial charge in [0.25, 0.3) is 5.91 Å². The van der Waals surface area contributed by atoms with Crippen LogP contribution in [0.2, 0.25) is 0 Å². The van der Waals surface area contributed by atoms with Crippen LogP contribution in [0.3, 0.4) is 0 Å². The Morgan fingerprint density at radius 1 is 1.28 bits per heavy atom. The van der Waals surface area contributed by atoms with E-state index in [0.29, 0.717) is 47.2 Å². The molecule has 2 aromatic rings. The summed E-state index contributed by atoms with van der Waals surface area (Å²) in [5, 5.41) is 11.6. The van der Waals surface area contributed by atoms with Crippen molar-refractivity contribution in [3.8, 4) is 0 Å². The lowest BCUT2D eigenvalue weighted by atomic mass is 9.98. The number of nitrogens with one attached hydrogen (secondary N) is 1. The van der Waals surface area contributed by atoms with Crippen molar-refractivity contribution in [2.24, 2.45) is 0 Å². The number of carbonyl (C=O) groups excluding carboxylic acids is 3. The van der Waals surface area contributed by atoms with Gasteiger partial charge in [0.15, 0.2) is 5.69 Å². The van der Waals surface area contributed by atoms with Crippen molar-refractivity contribution in [3.63, 3.8) is 0 Å². The fourth-order valence-corrected chi connectivity index (χ4v) is 5.72. The summed E-state index contributed by atoms with van der Waals surface area (Å²) in [4.78, 5) is 45.5. The second-order valence-corrected chi connectivity index (χ2v) is 11.4. The van der Waals surface area contributed by atoms with Gasteiger partial charge in [0.1, 0.15) is 14.4 Å². The minimum Gasteiger partial charge on any atom is -0.366 e. The number of amides is 3. The molecule has 0 aliphatic carbocycles. The highest BCUT2D eigenvalue weighted by Gasteiger charge is 2.47. The number of nitrogens with zero attached hydrogens (tertiary/aromatic N) is 5. The van der Waals surface area contributed by atoms with Crippen molar-refractivity contribution >= 4 is 61.5 Å². The number of anilines is 1. The van der Waals surface area contributed by atoms with Crippen molar-refractivity contribution in [2.75, 3.05) is 31.5 Å². The Morgan fingerprint density at radius 2 is 2.06 bits per heavy atom. The minimum absolute atomic E-state index is 0.0681. The number of thiazole rings is 1. The predicted molar refractivity (Wildman–Crippen MR) is 123 cm³/mol. The van der Waals surface area contributed by atoms with E-state index in [-0.39, 0.29) is 36.7 Å². The van der Waals surface area contributed by atoms with E-state index < -0.39 is 5.60 Å². The number of hydrogen-bond donors (Lipinski definition) is 1. The molecule has 2 atom stereocenters. The normalized spacial score (nSPS) is 23.0. The molecule has 2 saturated heterocycles. The quantitative estimate of drug-likeness (QED) is 0.615. The van der Waals surface area contributed by atoms with Crippen molar-refractivity contribution < 1.29 is 19.1 Å². The van der Waals surface area contributed by atoms with Crippen LogP contribution in [-0.4, -0.2) is 80.6 Å². The zero-order valence-electron chi connectivity index (χ0n) is 17.7. The maximum Gasteiger partial charge on any atom is 0.274 e. The molecular formula is C19H23BrN6O4S2. The van der Waals surface area contributed by atoms with Gasteiger partial charge in [-0.3, -0.25) is 14.4 Å². The maximum absolute atomic E-state index is 12.9. The van der Waals surface area contributed by atoms with E-state index in [0.717, 1.165) is 5.01 Å². The first-order chi connectivity index (χ1) is 15.2. The second-order valence-electron chi connectivity index (χ2n) is 8.01. The van der Waals surface area contributed by atoms with Gasteiger partial charge in [-0.05, 0) is 36.2 Å². The Hall–Kier alpha value is -1.96. The van der Waals surface area contributed by atoms with E-state index in [1.807, 2.05) is 6.92 Å². The van der Waals surface area contributed by atoms with Crippen LogP contribution < -0.4 is 5.32 Å². The SMILES string of the molecule is Cc1nnc(NC(=O)CCC(=O)N2CC(C)OC3(CCN(C(=O)c4ncsc4Br)C3)C2)s1. The minimum atomic E-state index is -0.599. The van der Waals surface area contributed by atoms with E-state index in [2.05, 4.69) is 36.4 Å². The van der Waals surface area contributed by atoms with E-state index in [4.69, 9.17) is 4.74 Å². The molecule has 2 aliphatic heterocycles. The van der Waals surface area contributed by atoms with Crippen LogP contribution in [0.4, 0.5) is 5.13 Å². The molecule has 2 fully saturated rings. The van der Waals surface area contributed by atoms with E-state index in [1.54, 1.807) is 22.2 Å². The van der Waals surface area contributed by atoms with Gasteiger partial charge in [-0.25, -0.2) is 4.98 Å². The lowest BCUT2D eigenvalue weighted by Crippen LogP contribution is -2.58. The van der Waals surface area contributed by atoms with Gasteiger partial charge in [0, 0.05) is 25.9 Å². The maximum atomic E-state index is 12.9. The molecule has 3 amide bonds. The number of aromatic nitrogens is 3. The molecule has 0 saturated carbocycles. The average molecular weight is 543 g/mol. The first kappa shape index (κ1) is 23.2. The molecule has 0 aromatic carbocycles. The number of rotatable bonds is 5. The number of hydrogen-bond acceptors (Lipinski definition) is 9. The van der Waals surface area contributed by atoms with Crippen LogP contribution in [0, 0.1) is 6.92 Å². The number of likely N-dealkylation sites (tertiary alicyclic amines) is 1. The number of carbonyl (C=O) groups is 3. The van der Waals surface area contributed by atoms with Crippen LogP contribution in [-0.2, 0) is 14.3 Å². The molecule has 172 valence electrons. The highest BCUT2D eigenvalue weighted by Crippen LogP contribution is 2.33. The molecule has 10 nitrogen and oxygen atoms in total. The molecule has 1 N–H and O–H groups in total. The van der Waals surface area contributed by atoms with Crippen molar-refractivity contribution in [1.29, 1.82) is 0 Å². The molecule has 0 radical (unpaired) electrons. The first-order valence-electron chi connectivity index (χ1n) is 10.2. The standard InChI is InChI=1S/C19H23BrN6O4S2/c1-11-7-26(14(28)4-3-13(27)22-18-24-23-12(2)32-18)9-19(30-11)5-6-25(8-19)17(29)15-16(20)31-10-21-15/h10-11H,3-9H2,1-2H3,(H,22,24,27). The Labute approximate surface area is 201 Å². The van der Waals surface area contributed by atoms with Gasteiger partial charge in [0.2, 0.25) is 16.9 Å². The summed E-state index contributed by atoms with van der Waals surface area (Å²) in [6.45, 7) is 5.54. The van der Waals surface area contributed by atoms with Crippen molar-refractivity contribution in [1.82, 2.24) is 25.0 Å². The fourth-order valence-electron chi connectivity index (χ4n) is 4.09. The Morgan fingerprint density at radius 3 is 2.75 bits per heavy atom. The summed E-state index contributed by atoms with van der Waals surface area (Å²) < 4.78 is 6.95. The number of ether oxygens (including phenoxy) is 1. The lowest BCUT2D eigenvalue weighted by Gasteiger charge is -2.43. The van der Waals surface area contributed by atoms with Crippen molar-refractivity contribution in [3.05, 3.63) is 20.0 Å². The number of aryl methyl sites for hydroxylation is 1. The zero-order chi connectivity index (χ0) is 22.9. The van der Waals surface area contributed by atoms with Crippen LogP contribution in [0.15, 0.2) is 9.30 Å². The van der Waals surface area contributed by atoms with Gasteiger partial charge < -0.3 is 19.9 Å². The smallest absolute Gasteiger partial charge is 0.274 e. The zero-order valence-corrected chi connectivity index (χ0v) is 20.9. The Bertz CT molecular complexity index is 1030. The second kappa shape index (κ2) is 9.49. The van der Waals surface area contributed by atoms with Crippen molar-refractivity contribution in [2.45, 2.75) is 44.8 Å². The largest absolute Gasteiger partial charge is 0.366 e. The summed E-state index contributed by atoms with van der Waals surface area (Å²) in [6, 6.07) is 0. The molecule has 4 rings (SSSR count). The van der Waals surface area contributed by atoms with Gasteiger partial charge in [0.05, 0.1) is 24.7 Å². The first-order valence-corrected chi connectivity index (χ1v) is 12.7. The third kappa shape index (κ3) is 5.16. The molecular weight excluding hydrogens is 520 g/mol. The van der Waals surface area contributed by atoms with Crippen LogP contribution in [0.25, 0.3) is 0 Å². The predicted octanol–water partition coefficient (Wildman–Crippen LogP) is 2.32. The molecule has 32 heavy (non-hydrogen) atoms. The summed E-state index contributed by atoms with van der Waals surface area (Å²) in [7, 11) is 0. The molecule has 4 heterocycles. The molecule has 2 aromatic heterocycles. The molecule has 2 aliphatic rings. The number of morpholine rings is 1. The van der Waals surface area contributed by atoms with Crippen LogP contribution in [0.5, 0.6) is 0 Å². The molecule has 0 bridgehead atoms. The topological polar surface area (TPSA) is 118 Å². The fraction of sp³-hybridized carbons (Fsp3) is 0.579.